The van der Waals surface area contributed by atoms with Gasteiger partial charge in [-0.15, -0.1) is 0 Å². The summed E-state index contributed by atoms with van der Waals surface area (Å²) in [5.74, 6) is 0.484. The Kier molecular flexibility index (Phi) is 6.57. The maximum Gasteiger partial charge on any atom is 0.302 e. The summed E-state index contributed by atoms with van der Waals surface area (Å²) in [5.41, 5.74) is -1.92. The highest BCUT2D eigenvalue weighted by Gasteiger charge is 2.73. The minimum Gasteiger partial charge on any atom is -0.462 e. The number of hydrogen-bond donors (Lipinski definition) is 3. The Labute approximate surface area is 230 Å². The molecule has 12 atom stereocenters. The van der Waals surface area contributed by atoms with Crippen molar-refractivity contribution in [2.75, 3.05) is 0 Å². The second-order valence-electron chi connectivity index (χ2n) is 16.1. The van der Waals surface area contributed by atoms with Gasteiger partial charge in [0, 0.05) is 24.2 Å². The zero-order valence-electron chi connectivity index (χ0n) is 25.3. The van der Waals surface area contributed by atoms with Gasteiger partial charge >= 0.3 is 5.97 Å². The molecule has 4 aliphatic carbocycles. The van der Waals surface area contributed by atoms with Crippen LogP contribution in [0.3, 0.4) is 0 Å². The van der Waals surface area contributed by atoms with Crippen LogP contribution < -0.4 is 0 Å². The van der Waals surface area contributed by atoms with E-state index in [9.17, 15) is 20.1 Å². The number of fused-ring (bicyclic) bond motifs is 5. The van der Waals surface area contributed by atoms with E-state index in [1.165, 1.54) is 6.92 Å². The van der Waals surface area contributed by atoms with Gasteiger partial charge in [-0.1, -0.05) is 34.6 Å². The first-order valence-corrected chi connectivity index (χ1v) is 15.3. The van der Waals surface area contributed by atoms with Crippen LogP contribution in [-0.4, -0.2) is 56.9 Å². The molecule has 0 aromatic carbocycles. The van der Waals surface area contributed by atoms with Crippen molar-refractivity contribution in [1.29, 1.82) is 0 Å². The first-order valence-electron chi connectivity index (χ1n) is 15.3. The fraction of sp³-hybridized carbons (Fsp3) is 0.969. The first kappa shape index (κ1) is 28.8. The smallest absolute Gasteiger partial charge is 0.302 e. The van der Waals surface area contributed by atoms with Crippen molar-refractivity contribution in [2.45, 2.75) is 149 Å². The van der Waals surface area contributed by atoms with Gasteiger partial charge in [0.05, 0.1) is 29.5 Å². The Morgan fingerprint density at radius 1 is 0.895 bits per heavy atom. The van der Waals surface area contributed by atoms with Crippen LogP contribution in [-0.2, 0) is 14.3 Å². The van der Waals surface area contributed by atoms with Crippen molar-refractivity contribution in [2.24, 2.45) is 45.3 Å². The monoisotopic (exact) mass is 534 g/mol. The van der Waals surface area contributed by atoms with E-state index in [1.807, 2.05) is 13.8 Å². The normalized spacial score (nSPS) is 54.1. The highest BCUT2D eigenvalue weighted by molar-refractivity contribution is 5.66. The number of carbonyl (C=O) groups excluding carboxylic acids is 1. The molecule has 6 heteroatoms. The molecule has 218 valence electrons. The summed E-state index contributed by atoms with van der Waals surface area (Å²) >= 11 is 0. The molecule has 6 nitrogen and oxygen atoms in total. The molecule has 1 heterocycles. The van der Waals surface area contributed by atoms with E-state index in [0.29, 0.717) is 12.8 Å². The molecule has 0 aromatic heterocycles. The summed E-state index contributed by atoms with van der Waals surface area (Å²) in [7, 11) is 0. The van der Waals surface area contributed by atoms with E-state index in [2.05, 4.69) is 41.5 Å². The Balaban J connectivity index is 1.48. The highest BCUT2D eigenvalue weighted by Crippen LogP contribution is 2.76. The summed E-state index contributed by atoms with van der Waals surface area (Å²) in [6.45, 7) is 18.9. The van der Waals surface area contributed by atoms with Crippen LogP contribution in [0.5, 0.6) is 0 Å². The van der Waals surface area contributed by atoms with Gasteiger partial charge in [-0.25, -0.2) is 0 Å². The molecule has 5 rings (SSSR count). The lowest BCUT2D eigenvalue weighted by Gasteiger charge is -2.71. The van der Waals surface area contributed by atoms with Gasteiger partial charge in [0.25, 0.3) is 0 Å². The fourth-order valence-corrected chi connectivity index (χ4v) is 11.4. The molecule has 0 spiro atoms. The van der Waals surface area contributed by atoms with Crippen LogP contribution >= 0.6 is 0 Å². The molecule has 0 bridgehead atoms. The van der Waals surface area contributed by atoms with Crippen LogP contribution in [0.15, 0.2) is 0 Å². The Hall–Kier alpha value is -0.690. The minimum absolute atomic E-state index is 0.0210. The van der Waals surface area contributed by atoms with E-state index in [1.54, 1.807) is 0 Å². The number of carbonyl (C=O) groups is 1. The van der Waals surface area contributed by atoms with E-state index >= 15 is 0 Å². The first-order chi connectivity index (χ1) is 17.3. The molecule has 4 saturated carbocycles. The van der Waals surface area contributed by atoms with E-state index in [-0.39, 0.29) is 69.1 Å². The molecular formula is C32H54O6. The average Bonchev–Trinajstić information content (AvgIpc) is 3.37. The maximum atomic E-state index is 12.0. The van der Waals surface area contributed by atoms with Gasteiger partial charge < -0.3 is 24.8 Å². The molecule has 1 saturated heterocycles. The third kappa shape index (κ3) is 3.75. The highest BCUT2D eigenvalue weighted by atomic mass is 16.5. The predicted octanol–water partition coefficient (Wildman–Crippen LogP) is 5.25. The number of ether oxygens (including phenoxy) is 2. The lowest BCUT2D eigenvalue weighted by Crippen LogP contribution is -2.70. The number of rotatable bonds is 3. The Morgan fingerprint density at radius 2 is 1.53 bits per heavy atom. The largest absolute Gasteiger partial charge is 0.462 e. The van der Waals surface area contributed by atoms with Gasteiger partial charge in [-0.3, -0.25) is 4.79 Å². The quantitative estimate of drug-likeness (QED) is 0.428. The van der Waals surface area contributed by atoms with E-state index in [0.717, 1.165) is 38.5 Å². The van der Waals surface area contributed by atoms with Crippen molar-refractivity contribution >= 4 is 5.97 Å². The topological polar surface area (TPSA) is 96.2 Å². The van der Waals surface area contributed by atoms with Crippen LogP contribution in [0.2, 0.25) is 0 Å². The molecule has 0 aromatic rings. The number of esters is 1. The van der Waals surface area contributed by atoms with Gasteiger partial charge in [-0.05, 0) is 100 Å². The van der Waals surface area contributed by atoms with Crippen molar-refractivity contribution < 1.29 is 29.6 Å². The molecule has 5 fully saturated rings. The lowest BCUT2D eigenvalue weighted by molar-refractivity contribution is -0.277. The zero-order valence-corrected chi connectivity index (χ0v) is 25.3. The molecule has 1 aliphatic heterocycles. The Morgan fingerprint density at radius 3 is 2.11 bits per heavy atom. The van der Waals surface area contributed by atoms with Crippen molar-refractivity contribution in [1.82, 2.24) is 0 Å². The summed E-state index contributed by atoms with van der Waals surface area (Å²) in [6, 6.07) is 0. The fourth-order valence-electron chi connectivity index (χ4n) is 11.4. The van der Waals surface area contributed by atoms with Gasteiger partial charge in [0.2, 0.25) is 0 Å². The number of aliphatic hydroxyl groups excluding tert-OH is 2. The second kappa shape index (κ2) is 8.66. The average molecular weight is 535 g/mol. The van der Waals surface area contributed by atoms with Crippen LogP contribution in [0.25, 0.3) is 0 Å². The maximum absolute atomic E-state index is 12.0. The SMILES string of the molecule is CC(=O)O[C@@H]1C[C@@H](O)[C@]2(C)[C@H]3C[C@@H](O)[C@@H]4[C@@H]([C@]5(C)CC[C@H](C(C)(C)O)O5)CC[C@@]4(C)[C@]3(C)CC[C@H]2C1(C)C. The summed E-state index contributed by atoms with van der Waals surface area (Å²) in [4.78, 5) is 11.9. The number of hydrogen-bond acceptors (Lipinski definition) is 6. The molecule has 0 amide bonds. The molecular weight excluding hydrogens is 480 g/mol. The zero-order chi connectivity index (χ0) is 28.3. The summed E-state index contributed by atoms with van der Waals surface area (Å²) < 4.78 is 12.4. The van der Waals surface area contributed by atoms with Crippen LogP contribution in [0.1, 0.15) is 114 Å². The van der Waals surface area contributed by atoms with Crippen molar-refractivity contribution in [3.8, 4) is 0 Å². The summed E-state index contributed by atoms with van der Waals surface area (Å²) in [6.07, 6.45) is 5.51. The number of aliphatic hydroxyl groups is 3. The van der Waals surface area contributed by atoms with Crippen molar-refractivity contribution in [3.05, 3.63) is 0 Å². The van der Waals surface area contributed by atoms with E-state index < -0.39 is 17.8 Å². The second-order valence-corrected chi connectivity index (χ2v) is 16.1. The molecule has 3 N–H and O–H groups in total. The van der Waals surface area contributed by atoms with E-state index in [4.69, 9.17) is 9.47 Å². The predicted molar refractivity (Wildman–Crippen MR) is 146 cm³/mol. The third-order valence-electron chi connectivity index (χ3n) is 13.6. The van der Waals surface area contributed by atoms with Crippen molar-refractivity contribution in [3.63, 3.8) is 0 Å². The Bertz CT molecular complexity index is 956. The van der Waals surface area contributed by atoms with Gasteiger partial charge in [-0.2, -0.15) is 0 Å². The molecule has 5 aliphatic rings. The summed E-state index contributed by atoms with van der Waals surface area (Å²) in [5, 5.41) is 34.5. The minimum atomic E-state index is -0.872. The van der Waals surface area contributed by atoms with Crippen LogP contribution in [0, 0.1) is 45.3 Å². The van der Waals surface area contributed by atoms with Crippen LogP contribution in [0.4, 0.5) is 0 Å². The standard InChI is InChI=1S/C32H54O6/c1-18(33)37-25-17-23(35)32(9)21(27(25,2)3)11-14-29(6)22(32)16-20(34)26-19(10-13-30(26,29)7)31(8)15-12-24(38-31)28(4,5)36/h19-26,34-36H,10-17H2,1-9H3/t19-,20+,21-,22-,23+,24+,25+,26-,29+,30+,31-,32-/m0/s1. The molecule has 0 radical (unpaired) electrons. The molecule has 38 heavy (non-hydrogen) atoms. The molecule has 0 unspecified atom stereocenters. The van der Waals surface area contributed by atoms with Gasteiger partial charge in [0.15, 0.2) is 0 Å². The lowest BCUT2D eigenvalue weighted by atomic mass is 9.34. The van der Waals surface area contributed by atoms with Gasteiger partial charge in [0.1, 0.15) is 6.10 Å². The third-order valence-corrected chi connectivity index (χ3v) is 13.6.